The summed E-state index contributed by atoms with van der Waals surface area (Å²) in [5, 5.41) is 3.61. The Balaban J connectivity index is 1.94. The van der Waals surface area contributed by atoms with Gasteiger partial charge in [-0.05, 0) is 18.2 Å². The van der Waals surface area contributed by atoms with Crippen LogP contribution in [0.4, 0.5) is 10.1 Å². The van der Waals surface area contributed by atoms with E-state index in [1.807, 2.05) is 4.57 Å². The van der Waals surface area contributed by atoms with Gasteiger partial charge in [-0.3, -0.25) is 4.79 Å². The molecular formula is C15H16FN3O2. The number of benzene rings is 1. The molecule has 1 amide bonds. The van der Waals surface area contributed by atoms with E-state index >= 15 is 0 Å². The Hall–Kier alpha value is -2.08. The summed E-state index contributed by atoms with van der Waals surface area (Å²) in [5.41, 5.74) is 2.41. The lowest BCUT2D eigenvalue weighted by molar-refractivity contribution is 0.0929. The molecular weight excluding hydrogens is 273 g/mol. The van der Waals surface area contributed by atoms with Crippen LogP contribution in [0.5, 0.6) is 0 Å². The van der Waals surface area contributed by atoms with Crippen molar-refractivity contribution < 1.29 is 13.9 Å². The maximum Gasteiger partial charge on any atom is 0.268 e. The summed E-state index contributed by atoms with van der Waals surface area (Å²) < 4.78 is 21.3. The summed E-state index contributed by atoms with van der Waals surface area (Å²) in [6.45, 7) is 4.09. The summed E-state index contributed by atoms with van der Waals surface area (Å²) in [4.78, 5) is 14.1. The van der Waals surface area contributed by atoms with Gasteiger partial charge < -0.3 is 19.5 Å². The average Bonchev–Trinajstić information content (AvgIpc) is 2.87. The molecule has 2 aliphatic rings. The van der Waals surface area contributed by atoms with Crippen LogP contribution in [0.1, 0.15) is 10.5 Å². The third-order valence-corrected chi connectivity index (χ3v) is 4.14. The Bertz CT molecular complexity index is 719. The number of hydrogen-bond donors (Lipinski definition) is 1. The van der Waals surface area contributed by atoms with Crippen LogP contribution < -0.4 is 10.2 Å². The van der Waals surface area contributed by atoms with Gasteiger partial charge in [-0.25, -0.2) is 4.39 Å². The topological polar surface area (TPSA) is 46.5 Å². The molecule has 0 saturated carbocycles. The van der Waals surface area contributed by atoms with Crippen LogP contribution >= 0.6 is 0 Å². The normalized spacial score (nSPS) is 18.7. The summed E-state index contributed by atoms with van der Waals surface area (Å²) in [6.07, 6.45) is 0. The van der Waals surface area contributed by atoms with Crippen molar-refractivity contribution >= 4 is 22.5 Å². The van der Waals surface area contributed by atoms with Gasteiger partial charge in [0.2, 0.25) is 0 Å². The smallest absolute Gasteiger partial charge is 0.268 e. The molecule has 0 bridgehead atoms. The predicted molar refractivity (Wildman–Crippen MR) is 77.3 cm³/mol. The zero-order valence-electron chi connectivity index (χ0n) is 11.6. The molecule has 3 heterocycles. The van der Waals surface area contributed by atoms with Crippen LogP contribution in [-0.4, -0.2) is 43.3 Å². The second-order valence-corrected chi connectivity index (χ2v) is 5.40. The predicted octanol–water partition coefficient (Wildman–Crippen LogP) is 1.36. The van der Waals surface area contributed by atoms with Crippen LogP contribution in [0, 0.1) is 5.82 Å². The molecule has 0 aliphatic carbocycles. The number of anilines is 1. The fourth-order valence-electron chi connectivity index (χ4n) is 3.19. The highest BCUT2D eigenvalue weighted by molar-refractivity contribution is 6.03. The van der Waals surface area contributed by atoms with Crippen LogP contribution in [-0.2, 0) is 11.3 Å². The number of ether oxygens (including phenoxy) is 1. The summed E-state index contributed by atoms with van der Waals surface area (Å²) in [5.74, 6) is -0.363. The van der Waals surface area contributed by atoms with Crippen molar-refractivity contribution in [2.75, 3.05) is 37.7 Å². The molecule has 0 radical (unpaired) electrons. The van der Waals surface area contributed by atoms with Gasteiger partial charge in [-0.15, -0.1) is 0 Å². The first-order valence-corrected chi connectivity index (χ1v) is 7.18. The van der Waals surface area contributed by atoms with Crippen molar-refractivity contribution in [1.82, 2.24) is 9.88 Å². The van der Waals surface area contributed by atoms with Crippen molar-refractivity contribution in [2.45, 2.75) is 6.54 Å². The molecule has 1 N–H and O–H groups in total. The van der Waals surface area contributed by atoms with Crippen molar-refractivity contribution in [1.29, 1.82) is 0 Å². The van der Waals surface area contributed by atoms with Crippen LogP contribution in [0.25, 0.3) is 10.9 Å². The van der Waals surface area contributed by atoms with Gasteiger partial charge in [0.25, 0.3) is 5.91 Å². The Morgan fingerprint density at radius 2 is 1.95 bits per heavy atom. The first-order valence-electron chi connectivity index (χ1n) is 7.18. The van der Waals surface area contributed by atoms with E-state index in [9.17, 15) is 9.18 Å². The third-order valence-electron chi connectivity index (χ3n) is 4.14. The van der Waals surface area contributed by atoms with Crippen molar-refractivity contribution in [3.05, 3.63) is 29.7 Å². The Morgan fingerprint density at radius 3 is 2.76 bits per heavy atom. The Morgan fingerprint density at radius 1 is 1.14 bits per heavy atom. The van der Waals surface area contributed by atoms with Gasteiger partial charge in [-0.1, -0.05) is 0 Å². The first kappa shape index (κ1) is 12.6. The van der Waals surface area contributed by atoms with Gasteiger partial charge in [0.1, 0.15) is 11.5 Å². The van der Waals surface area contributed by atoms with Gasteiger partial charge in [0.15, 0.2) is 0 Å². The number of carbonyl (C=O) groups is 1. The quantitative estimate of drug-likeness (QED) is 0.862. The molecule has 1 saturated heterocycles. The number of nitrogens with one attached hydrogen (secondary N) is 1. The van der Waals surface area contributed by atoms with Gasteiger partial charge in [-0.2, -0.15) is 0 Å². The highest BCUT2D eigenvalue weighted by Gasteiger charge is 2.24. The number of fused-ring (bicyclic) bond motifs is 3. The van der Waals surface area contributed by atoms with Gasteiger partial charge in [0.05, 0.1) is 24.4 Å². The lowest BCUT2D eigenvalue weighted by Crippen LogP contribution is -2.37. The minimum atomic E-state index is -0.271. The molecule has 1 fully saturated rings. The molecule has 0 unspecified atom stereocenters. The lowest BCUT2D eigenvalue weighted by Gasteiger charge is -2.30. The zero-order chi connectivity index (χ0) is 14.4. The Labute approximate surface area is 121 Å². The van der Waals surface area contributed by atoms with Gasteiger partial charge >= 0.3 is 0 Å². The zero-order valence-corrected chi connectivity index (χ0v) is 11.6. The van der Waals surface area contributed by atoms with Crippen LogP contribution in [0.2, 0.25) is 0 Å². The van der Waals surface area contributed by atoms with E-state index in [0.717, 1.165) is 29.7 Å². The number of hydrogen-bond acceptors (Lipinski definition) is 3. The fraction of sp³-hybridized carbons (Fsp3) is 0.400. The molecule has 110 valence electrons. The van der Waals surface area contributed by atoms with E-state index in [1.165, 1.54) is 6.07 Å². The molecule has 2 aromatic rings. The van der Waals surface area contributed by atoms with E-state index in [-0.39, 0.29) is 11.7 Å². The fourth-order valence-corrected chi connectivity index (χ4v) is 3.19. The molecule has 0 atom stereocenters. The SMILES string of the molecule is O=C1NCCn2c1cc1cc(F)cc(N3CCOCC3)c12. The number of amides is 1. The lowest BCUT2D eigenvalue weighted by atomic mass is 10.2. The maximum atomic E-state index is 13.9. The highest BCUT2D eigenvalue weighted by Crippen LogP contribution is 2.32. The number of nitrogens with zero attached hydrogens (tertiary/aromatic N) is 2. The number of halogens is 1. The molecule has 21 heavy (non-hydrogen) atoms. The van der Waals surface area contributed by atoms with Crippen molar-refractivity contribution in [3.8, 4) is 0 Å². The van der Waals surface area contributed by atoms with E-state index in [2.05, 4.69) is 10.2 Å². The number of carbonyl (C=O) groups excluding carboxylic acids is 1. The molecule has 5 nitrogen and oxygen atoms in total. The molecule has 0 spiro atoms. The summed E-state index contributed by atoms with van der Waals surface area (Å²) >= 11 is 0. The van der Waals surface area contributed by atoms with Crippen LogP contribution in [0.3, 0.4) is 0 Å². The molecule has 6 heteroatoms. The average molecular weight is 289 g/mol. The second-order valence-electron chi connectivity index (χ2n) is 5.40. The summed E-state index contributed by atoms with van der Waals surface area (Å²) in [6, 6.07) is 4.84. The number of rotatable bonds is 1. The van der Waals surface area contributed by atoms with Crippen molar-refractivity contribution in [2.24, 2.45) is 0 Å². The maximum absolute atomic E-state index is 13.9. The molecule has 1 aromatic heterocycles. The molecule has 1 aromatic carbocycles. The highest BCUT2D eigenvalue weighted by atomic mass is 19.1. The number of aromatic nitrogens is 1. The monoisotopic (exact) mass is 289 g/mol. The molecule has 2 aliphatic heterocycles. The largest absolute Gasteiger partial charge is 0.378 e. The number of morpholine rings is 1. The Kier molecular flexibility index (Phi) is 2.85. The standard InChI is InChI=1S/C15H16FN3O2/c16-11-7-10-8-13-15(20)17-1-2-19(13)14(10)12(9-11)18-3-5-21-6-4-18/h7-9H,1-6H2,(H,17,20). The third kappa shape index (κ3) is 1.98. The minimum Gasteiger partial charge on any atom is -0.378 e. The second kappa shape index (κ2) is 4.73. The molecule has 4 rings (SSSR count). The van der Waals surface area contributed by atoms with E-state index < -0.39 is 0 Å². The van der Waals surface area contributed by atoms with E-state index in [4.69, 9.17) is 4.74 Å². The van der Waals surface area contributed by atoms with Gasteiger partial charge in [0, 0.05) is 31.6 Å². The minimum absolute atomic E-state index is 0.0919. The van der Waals surface area contributed by atoms with Crippen LogP contribution in [0.15, 0.2) is 18.2 Å². The first-order chi connectivity index (χ1) is 10.2. The van der Waals surface area contributed by atoms with E-state index in [1.54, 1.807) is 12.1 Å². The van der Waals surface area contributed by atoms with E-state index in [0.29, 0.717) is 32.0 Å². The van der Waals surface area contributed by atoms with Crippen molar-refractivity contribution in [3.63, 3.8) is 0 Å². The summed E-state index contributed by atoms with van der Waals surface area (Å²) in [7, 11) is 0.